The van der Waals surface area contributed by atoms with E-state index in [9.17, 15) is 0 Å². The molecule has 2 heterocycles. The molecule has 5 nitrogen and oxygen atoms in total. The number of aryl methyl sites for hydroxylation is 3. The van der Waals surface area contributed by atoms with Crippen molar-refractivity contribution in [2.24, 2.45) is 7.05 Å². The molecule has 1 N–H and O–H groups in total. The van der Waals surface area contributed by atoms with Crippen molar-refractivity contribution in [3.05, 3.63) is 35.0 Å². The van der Waals surface area contributed by atoms with Crippen LogP contribution in [0.5, 0.6) is 5.75 Å². The van der Waals surface area contributed by atoms with Gasteiger partial charge < -0.3 is 14.5 Å². The molecule has 0 fully saturated rings. The van der Waals surface area contributed by atoms with Crippen LogP contribution in [0.3, 0.4) is 0 Å². The zero-order chi connectivity index (χ0) is 14.0. The third-order valence-corrected chi connectivity index (χ3v) is 3.24. The number of hydrogen-bond donors (Lipinski definition) is 1. The third-order valence-electron chi connectivity index (χ3n) is 3.24. The van der Waals surface area contributed by atoms with Gasteiger partial charge in [0.05, 0.1) is 19.3 Å². The molecule has 0 aliphatic carbocycles. The molecule has 19 heavy (non-hydrogen) atoms. The first-order valence-electron chi connectivity index (χ1n) is 6.44. The first-order chi connectivity index (χ1) is 9.08. The maximum atomic E-state index is 5.64. The van der Waals surface area contributed by atoms with Crippen molar-refractivity contribution in [2.75, 3.05) is 13.7 Å². The first-order valence-corrected chi connectivity index (χ1v) is 6.44. The van der Waals surface area contributed by atoms with Crippen LogP contribution in [0, 0.1) is 13.8 Å². The fraction of sp³-hybridized carbons (Fsp3) is 0.500. The van der Waals surface area contributed by atoms with E-state index in [1.54, 1.807) is 13.3 Å². The van der Waals surface area contributed by atoms with Gasteiger partial charge >= 0.3 is 0 Å². The van der Waals surface area contributed by atoms with Crippen LogP contribution in [0.1, 0.15) is 35.7 Å². The lowest BCUT2D eigenvalue weighted by Crippen LogP contribution is -2.25. The van der Waals surface area contributed by atoms with E-state index < -0.39 is 0 Å². The summed E-state index contributed by atoms with van der Waals surface area (Å²) in [7, 11) is 3.58. The van der Waals surface area contributed by atoms with Crippen molar-refractivity contribution in [3.63, 3.8) is 0 Å². The summed E-state index contributed by atoms with van der Waals surface area (Å²) in [6, 6.07) is 2.08. The van der Waals surface area contributed by atoms with E-state index in [1.807, 2.05) is 25.6 Å². The second kappa shape index (κ2) is 5.48. The van der Waals surface area contributed by atoms with Crippen LogP contribution >= 0.6 is 0 Å². The molecule has 0 radical (unpaired) electrons. The minimum atomic E-state index is 0.0184. The van der Waals surface area contributed by atoms with Gasteiger partial charge in [-0.2, -0.15) is 5.10 Å². The maximum Gasteiger partial charge on any atom is 0.161 e. The predicted molar refractivity (Wildman–Crippen MR) is 73.5 cm³/mol. The Morgan fingerprint density at radius 3 is 2.74 bits per heavy atom. The van der Waals surface area contributed by atoms with E-state index in [0.717, 1.165) is 35.1 Å². The van der Waals surface area contributed by atoms with Gasteiger partial charge in [0.25, 0.3) is 0 Å². The SMILES string of the molecule is CCNC(c1cc(C)oc1C)c1c(OC)cnn1C. The summed E-state index contributed by atoms with van der Waals surface area (Å²) in [5, 5.41) is 7.74. The predicted octanol–water partition coefficient (Wildman–Crippen LogP) is 2.34. The normalized spacial score (nSPS) is 12.7. The fourth-order valence-corrected chi connectivity index (χ4v) is 2.41. The lowest BCUT2D eigenvalue weighted by atomic mass is 10.0. The average Bonchev–Trinajstić information content (AvgIpc) is 2.89. The lowest BCUT2D eigenvalue weighted by Gasteiger charge is -2.19. The average molecular weight is 263 g/mol. The van der Waals surface area contributed by atoms with E-state index in [0.29, 0.717) is 0 Å². The number of rotatable bonds is 5. The van der Waals surface area contributed by atoms with Crippen LogP contribution in [-0.2, 0) is 7.05 Å². The zero-order valence-corrected chi connectivity index (χ0v) is 12.2. The van der Waals surface area contributed by atoms with Crippen LogP contribution in [0.4, 0.5) is 0 Å². The number of nitrogens with zero attached hydrogens (tertiary/aromatic N) is 2. The standard InChI is InChI=1S/C14H21N3O2/c1-6-15-13(11-7-9(2)19-10(11)3)14-12(18-5)8-16-17(14)4/h7-8,13,15H,6H2,1-5H3. The van der Waals surface area contributed by atoms with E-state index >= 15 is 0 Å². The van der Waals surface area contributed by atoms with Crippen LogP contribution in [-0.4, -0.2) is 23.4 Å². The summed E-state index contributed by atoms with van der Waals surface area (Å²) < 4.78 is 12.9. The molecule has 0 amide bonds. The van der Waals surface area contributed by atoms with Crippen molar-refractivity contribution < 1.29 is 9.15 Å². The van der Waals surface area contributed by atoms with Gasteiger partial charge in [-0.15, -0.1) is 0 Å². The van der Waals surface area contributed by atoms with Crippen LogP contribution in [0.2, 0.25) is 0 Å². The van der Waals surface area contributed by atoms with Gasteiger partial charge in [0.1, 0.15) is 17.2 Å². The number of furan rings is 1. The van der Waals surface area contributed by atoms with Gasteiger partial charge in [-0.05, 0) is 26.5 Å². The Balaban J connectivity index is 2.51. The molecular weight excluding hydrogens is 242 g/mol. The summed E-state index contributed by atoms with van der Waals surface area (Å²) in [5.41, 5.74) is 2.13. The smallest absolute Gasteiger partial charge is 0.161 e. The van der Waals surface area contributed by atoms with Gasteiger partial charge in [0.15, 0.2) is 5.75 Å². The number of hydrogen-bond acceptors (Lipinski definition) is 4. The highest BCUT2D eigenvalue weighted by atomic mass is 16.5. The molecule has 1 unspecified atom stereocenters. The molecule has 2 aromatic rings. The molecule has 0 saturated heterocycles. The second-order valence-electron chi connectivity index (χ2n) is 4.58. The van der Waals surface area contributed by atoms with E-state index in [2.05, 4.69) is 23.4 Å². The fourth-order valence-electron chi connectivity index (χ4n) is 2.41. The van der Waals surface area contributed by atoms with Gasteiger partial charge in [-0.25, -0.2) is 0 Å². The summed E-state index contributed by atoms with van der Waals surface area (Å²) in [4.78, 5) is 0. The number of ether oxygens (including phenoxy) is 1. The third kappa shape index (κ3) is 2.51. The molecule has 0 aliphatic rings. The Kier molecular flexibility index (Phi) is 3.95. The monoisotopic (exact) mass is 263 g/mol. The molecule has 2 aromatic heterocycles. The highest BCUT2D eigenvalue weighted by molar-refractivity contribution is 5.38. The number of aromatic nitrogens is 2. The minimum Gasteiger partial charge on any atom is -0.493 e. The van der Waals surface area contributed by atoms with Crippen molar-refractivity contribution in [1.82, 2.24) is 15.1 Å². The molecule has 0 bridgehead atoms. The maximum absolute atomic E-state index is 5.64. The zero-order valence-electron chi connectivity index (χ0n) is 12.2. The van der Waals surface area contributed by atoms with E-state index in [4.69, 9.17) is 9.15 Å². The van der Waals surface area contributed by atoms with E-state index in [-0.39, 0.29) is 6.04 Å². The van der Waals surface area contributed by atoms with Crippen molar-refractivity contribution in [3.8, 4) is 5.75 Å². The molecule has 0 aliphatic heterocycles. The molecule has 0 aromatic carbocycles. The second-order valence-corrected chi connectivity index (χ2v) is 4.58. The quantitative estimate of drug-likeness (QED) is 0.899. The molecule has 0 spiro atoms. The summed E-state index contributed by atoms with van der Waals surface area (Å²) >= 11 is 0. The van der Waals surface area contributed by atoms with Crippen molar-refractivity contribution >= 4 is 0 Å². The van der Waals surface area contributed by atoms with Crippen LogP contribution in [0.15, 0.2) is 16.7 Å². The Morgan fingerprint density at radius 2 is 2.21 bits per heavy atom. The Labute approximate surface area is 113 Å². The molecule has 0 saturated carbocycles. The minimum absolute atomic E-state index is 0.0184. The largest absolute Gasteiger partial charge is 0.493 e. The molecule has 1 atom stereocenters. The van der Waals surface area contributed by atoms with Gasteiger partial charge in [-0.1, -0.05) is 6.92 Å². The van der Waals surface area contributed by atoms with Crippen molar-refractivity contribution in [2.45, 2.75) is 26.8 Å². The topological polar surface area (TPSA) is 52.2 Å². The number of methoxy groups -OCH3 is 1. The first kappa shape index (κ1) is 13.7. The molecular formula is C14H21N3O2. The van der Waals surface area contributed by atoms with Crippen molar-refractivity contribution in [1.29, 1.82) is 0 Å². The van der Waals surface area contributed by atoms with Crippen LogP contribution in [0.25, 0.3) is 0 Å². The molecule has 104 valence electrons. The van der Waals surface area contributed by atoms with Gasteiger partial charge in [0, 0.05) is 12.6 Å². The Morgan fingerprint density at radius 1 is 1.47 bits per heavy atom. The number of nitrogens with one attached hydrogen (secondary N) is 1. The summed E-state index contributed by atoms with van der Waals surface area (Å²) in [6.45, 7) is 6.87. The Bertz CT molecular complexity index is 557. The molecule has 2 rings (SSSR count). The summed E-state index contributed by atoms with van der Waals surface area (Å²) in [5.74, 6) is 2.62. The lowest BCUT2D eigenvalue weighted by molar-refractivity contribution is 0.400. The highest BCUT2D eigenvalue weighted by Crippen LogP contribution is 2.32. The van der Waals surface area contributed by atoms with E-state index in [1.165, 1.54) is 0 Å². The van der Waals surface area contributed by atoms with Gasteiger partial charge in [0.2, 0.25) is 0 Å². The highest BCUT2D eigenvalue weighted by Gasteiger charge is 2.25. The van der Waals surface area contributed by atoms with Crippen LogP contribution < -0.4 is 10.1 Å². The Hall–Kier alpha value is -1.75. The molecule has 5 heteroatoms. The van der Waals surface area contributed by atoms with Gasteiger partial charge in [-0.3, -0.25) is 4.68 Å². The summed E-state index contributed by atoms with van der Waals surface area (Å²) in [6.07, 6.45) is 1.74.